The largest absolute Gasteiger partial charge is 0.371 e. The fraction of sp³-hybridized carbons (Fsp3) is 0.333. The Bertz CT molecular complexity index is 1010. The maximum atomic E-state index is 13.7. The lowest BCUT2D eigenvalue weighted by molar-refractivity contribution is -0.118. The molecule has 4 rings (SSSR count). The van der Waals surface area contributed by atoms with Crippen LogP contribution in [0, 0.1) is 17.6 Å². The number of pyridine rings is 1. The molecule has 0 unspecified atom stereocenters. The highest BCUT2D eigenvalue weighted by Crippen LogP contribution is 2.31. The molecule has 0 atom stereocenters. The number of nitrogens with zero attached hydrogens (tertiary/aromatic N) is 2. The second-order valence-corrected chi connectivity index (χ2v) is 7.77. The molecule has 1 saturated heterocycles. The van der Waals surface area contributed by atoms with Crippen molar-refractivity contribution < 1.29 is 13.6 Å². The Balaban J connectivity index is 1.32. The number of hydrogen-bond acceptors (Lipinski definition) is 3. The number of aromatic nitrogens is 1. The van der Waals surface area contributed by atoms with E-state index in [1.165, 1.54) is 12.1 Å². The van der Waals surface area contributed by atoms with Crippen molar-refractivity contribution in [2.45, 2.75) is 32.1 Å². The van der Waals surface area contributed by atoms with Gasteiger partial charge in [-0.05, 0) is 61.1 Å². The zero-order valence-corrected chi connectivity index (χ0v) is 16.3. The average molecular weight is 394 g/mol. The molecule has 29 heavy (non-hydrogen) atoms. The summed E-state index contributed by atoms with van der Waals surface area (Å²) in [6.07, 6.45) is 5.25. The van der Waals surface area contributed by atoms with Gasteiger partial charge in [0.15, 0.2) is 0 Å². The zero-order valence-electron chi connectivity index (χ0n) is 16.3. The number of hydrogen-bond donors (Lipinski definition) is 0. The second-order valence-electron chi connectivity index (χ2n) is 7.77. The first-order chi connectivity index (χ1) is 14.1. The van der Waals surface area contributed by atoms with Crippen molar-refractivity contribution in [2.24, 2.45) is 5.92 Å². The number of fused-ring (bicyclic) bond motifs is 1. The minimum Gasteiger partial charge on any atom is -0.371 e. The van der Waals surface area contributed by atoms with E-state index in [9.17, 15) is 13.6 Å². The van der Waals surface area contributed by atoms with Gasteiger partial charge >= 0.3 is 0 Å². The molecule has 1 aromatic heterocycles. The van der Waals surface area contributed by atoms with Crippen LogP contribution in [0.5, 0.6) is 0 Å². The Hall–Kier alpha value is -2.82. The van der Waals surface area contributed by atoms with Crippen LogP contribution < -0.4 is 4.90 Å². The van der Waals surface area contributed by atoms with Crippen molar-refractivity contribution in [2.75, 3.05) is 18.0 Å². The van der Waals surface area contributed by atoms with Crippen LogP contribution in [0.3, 0.4) is 0 Å². The van der Waals surface area contributed by atoms with Gasteiger partial charge in [-0.25, -0.2) is 8.78 Å². The van der Waals surface area contributed by atoms with Gasteiger partial charge in [-0.2, -0.15) is 0 Å². The summed E-state index contributed by atoms with van der Waals surface area (Å²) in [4.78, 5) is 18.9. The van der Waals surface area contributed by atoms with E-state index in [-0.39, 0.29) is 23.8 Å². The highest BCUT2D eigenvalue weighted by atomic mass is 19.1. The summed E-state index contributed by atoms with van der Waals surface area (Å²) in [6, 6.07) is 13.1. The van der Waals surface area contributed by atoms with E-state index in [0.29, 0.717) is 17.9 Å². The molecule has 0 saturated carbocycles. The molecule has 3 nitrogen and oxygen atoms in total. The molecule has 1 fully saturated rings. The molecule has 0 N–H and O–H groups in total. The maximum Gasteiger partial charge on any atom is 0.137 e. The molecular formula is C24H24F2N2O. The molecule has 2 aromatic carbocycles. The average Bonchev–Trinajstić information content (AvgIpc) is 2.74. The SMILES string of the molecule is O=C(CCC1CCN(c2ccnc3ccc(F)cc23)CC1)Cc1ccccc1F. The van der Waals surface area contributed by atoms with E-state index < -0.39 is 0 Å². The number of benzene rings is 2. The topological polar surface area (TPSA) is 33.2 Å². The van der Waals surface area contributed by atoms with Crippen LogP contribution >= 0.6 is 0 Å². The normalized spacial score (nSPS) is 15.0. The highest BCUT2D eigenvalue weighted by molar-refractivity contribution is 5.91. The maximum absolute atomic E-state index is 13.7. The quantitative estimate of drug-likeness (QED) is 0.567. The zero-order chi connectivity index (χ0) is 20.2. The molecule has 2 heterocycles. The van der Waals surface area contributed by atoms with Gasteiger partial charge in [0.1, 0.15) is 17.4 Å². The molecule has 0 aliphatic carbocycles. The van der Waals surface area contributed by atoms with Gasteiger partial charge in [0.05, 0.1) is 5.52 Å². The second kappa shape index (κ2) is 8.68. The molecule has 0 bridgehead atoms. The molecule has 0 spiro atoms. The standard InChI is InChI=1S/C24H24F2N2O/c25-19-6-8-23-21(16-19)24(9-12-27-23)28-13-10-17(11-14-28)5-7-20(29)15-18-3-1-2-4-22(18)26/h1-4,6,8-9,12,16-17H,5,7,10-11,13-15H2. The van der Waals surface area contributed by atoms with Crippen molar-refractivity contribution in [1.29, 1.82) is 0 Å². The Labute approximate surface area is 169 Å². The summed E-state index contributed by atoms with van der Waals surface area (Å²) in [5.41, 5.74) is 2.29. The van der Waals surface area contributed by atoms with Crippen molar-refractivity contribution in [3.05, 3.63) is 71.9 Å². The van der Waals surface area contributed by atoms with Crippen LogP contribution in [0.2, 0.25) is 0 Å². The van der Waals surface area contributed by atoms with Crippen molar-refractivity contribution in [1.82, 2.24) is 4.98 Å². The molecule has 1 aliphatic heterocycles. The molecule has 5 heteroatoms. The van der Waals surface area contributed by atoms with Gasteiger partial charge < -0.3 is 4.90 Å². The van der Waals surface area contributed by atoms with Crippen molar-refractivity contribution in [3.8, 4) is 0 Å². The lowest BCUT2D eigenvalue weighted by Gasteiger charge is -2.34. The Morgan fingerprint density at radius 3 is 2.66 bits per heavy atom. The lowest BCUT2D eigenvalue weighted by atomic mass is 9.90. The number of carbonyl (C=O) groups excluding carboxylic acids is 1. The monoisotopic (exact) mass is 394 g/mol. The predicted octanol–water partition coefficient (Wildman–Crippen LogP) is 5.32. The molecule has 0 amide bonds. The lowest BCUT2D eigenvalue weighted by Crippen LogP contribution is -2.34. The first-order valence-electron chi connectivity index (χ1n) is 10.1. The van der Waals surface area contributed by atoms with E-state index >= 15 is 0 Å². The van der Waals surface area contributed by atoms with Crippen LogP contribution in [0.4, 0.5) is 14.5 Å². The number of piperidine rings is 1. The molecule has 1 aliphatic rings. The minimum atomic E-state index is -0.310. The Morgan fingerprint density at radius 2 is 1.86 bits per heavy atom. The fourth-order valence-corrected chi connectivity index (χ4v) is 4.15. The molecular weight excluding hydrogens is 370 g/mol. The van der Waals surface area contributed by atoms with Crippen LogP contribution in [0.1, 0.15) is 31.2 Å². The first-order valence-corrected chi connectivity index (χ1v) is 10.1. The summed E-state index contributed by atoms with van der Waals surface area (Å²) in [6.45, 7) is 1.75. The van der Waals surface area contributed by atoms with E-state index in [0.717, 1.165) is 48.9 Å². The molecule has 150 valence electrons. The molecule has 3 aromatic rings. The smallest absolute Gasteiger partial charge is 0.137 e. The van der Waals surface area contributed by atoms with E-state index in [2.05, 4.69) is 9.88 Å². The first kappa shape index (κ1) is 19.5. The highest BCUT2D eigenvalue weighted by Gasteiger charge is 2.22. The third-order valence-corrected chi connectivity index (χ3v) is 5.81. The third-order valence-electron chi connectivity index (χ3n) is 5.81. The summed E-state index contributed by atoms with van der Waals surface area (Å²) < 4.78 is 27.4. The number of rotatable bonds is 6. The number of halogens is 2. The summed E-state index contributed by atoms with van der Waals surface area (Å²) in [7, 11) is 0. The third kappa shape index (κ3) is 4.61. The van der Waals surface area contributed by atoms with Crippen molar-refractivity contribution >= 4 is 22.4 Å². The molecule has 0 radical (unpaired) electrons. The number of carbonyl (C=O) groups is 1. The summed E-state index contributed by atoms with van der Waals surface area (Å²) in [5, 5.41) is 0.839. The fourth-order valence-electron chi connectivity index (χ4n) is 4.15. The van der Waals surface area contributed by atoms with Gasteiger partial charge in [-0.15, -0.1) is 0 Å². The Kier molecular flexibility index (Phi) is 5.84. The number of anilines is 1. The van der Waals surface area contributed by atoms with Crippen LogP contribution in [0.15, 0.2) is 54.7 Å². The van der Waals surface area contributed by atoms with Crippen LogP contribution in [-0.4, -0.2) is 23.9 Å². The van der Waals surface area contributed by atoms with Gasteiger partial charge in [0.25, 0.3) is 0 Å². The Morgan fingerprint density at radius 1 is 1.07 bits per heavy atom. The van der Waals surface area contributed by atoms with E-state index in [1.807, 2.05) is 6.07 Å². The van der Waals surface area contributed by atoms with E-state index in [4.69, 9.17) is 0 Å². The minimum absolute atomic E-state index is 0.0909. The van der Waals surface area contributed by atoms with Gasteiger partial charge in [0.2, 0.25) is 0 Å². The van der Waals surface area contributed by atoms with Crippen LogP contribution in [-0.2, 0) is 11.2 Å². The van der Waals surface area contributed by atoms with E-state index in [1.54, 1.807) is 36.5 Å². The predicted molar refractivity (Wildman–Crippen MR) is 111 cm³/mol. The van der Waals surface area contributed by atoms with Crippen molar-refractivity contribution in [3.63, 3.8) is 0 Å². The number of Topliss-reactive ketones (excluding diaryl/α,β-unsaturated/α-hetero) is 1. The number of ketones is 1. The summed E-state index contributed by atoms with van der Waals surface area (Å²) >= 11 is 0. The van der Waals surface area contributed by atoms with Gasteiger partial charge in [0, 0.05) is 43.2 Å². The summed E-state index contributed by atoms with van der Waals surface area (Å²) in [5.74, 6) is 0.0129. The van der Waals surface area contributed by atoms with Gasteiger partial charge in [-0.3, -0.25) is 9.78 Å². The van der Waals surface area contributed by atoms with Crippen LogP contribution in [0.25, 0.3) is 10.9 Å². The van der Waals surface area contributed by atoms with Gasteiger partial charge in [-0.1, -0.05) is 18.2 Å².